The molecule has 1 aromatic rings. The Kier molecular flexibility index (Phi) is 3.78. The predicted octanol–water partition coefficient (Wildman–Crippen LogP) is 1.78. The van der Waals surface area contributed by atoms with Crippen LogP contribution in [0, 0.1) is 0 Å². The van der Waals surface area contributed by atoms with Gasteiger partial charge in [-0.15, -0.1) is 0 Å². The molecule has 0 unspecified atom stereocenters. The highest BCUT2D eigenvalue weighted by Gasteiger charge is 2.51. The lowest BCUT2D eigenvalue weighted by molar-refractivity contribution is 0.00578. The first-order valence-electron chi connectivity index (χ1n) is 6.77. The number of hydrogen-bond acceptors (Lipinski definition) is 4. The van der Waals surface area contributed by atoms with E-state index in [1.165, 1.54) is 0 Å². The quantitative estimate of drug-likeness (QED) is 0.798. The SMILES string of the molecule is CCS(=O)(=O)c1ccc(B2OC(C)(C)C(C)(C)O2)cc1. The third kappa shape index (κ3) is 2.64. The van der Waals surface area contributed by atoms with Crippen LogP contribution >= 0.6 is 0 Å². The van der Waals surface area contributed by atoms with Gasteiger partial charge < -0.3 is 9.31 Å². The lowest BCUT2D eigenvalue weighted by Gasteiger charge is -2.32. The molecule has 0 aliphatic carbocycles. The minimum absolute atomic E-state index is 0.100. The van der Waals surface area contributed by atoms with Gasteiger partial charge in [0.15, 0.2) is 9.84 Å². The maximum Gasteiger partial charge on any atom is 0.494 e. The zero-order chi connectivity index (χ0) is 15.2. The number of rotatable bonds is 3. The van der Waals surface area contributed by atoms with E-state index in [2.05, 4.69) is 0 Å². The first-order valence-corrected chi connectivity index (χ1v) is 8.43. The van der Waals surface area contributed by atoms with E-state index in [1.54, 1.807) is 31.2 Å². The summed E-state index contributed by atoms with van der Waals surface area (Å²) < 4.78 is 35.4. The summed E-state index contributed by atoms with van der Waals surface area (Å²) in [5.41, 5.74) is 0.0382. The molecule has 1 saturated heterocycles. The molecule has 110 valence electrons. The average molecular weight is 296 g/mol. The summed E-state index contributed by atoms with van der Waals surface area (Å²) in [6, 6.07) is 6.73. The van der Waals surface area contributed by atoms with E-state index in [0.29, 0.717) is 4.90 Å². The second kappa shape index (κ2) is 4.86. The molecule has 1 heterocycles. The number of sulfone groups is 1. The molecular formula is C14H21BO4S. The fourth-order valence-electron chi connectivity index (χ4n) is 1.98. The normalized spacial score (nSPS) is 21.1. The maximum atomic E-state index is 11.8. The molecule has 1 aromatic carbocycles. The Bertz CT molecular complexity index is 574. The molecule has 20 heavy (non-hydrogen) atoms. The summed E-state index contributed by atoms with van der Waals surface area (Å²) >= 11 is 0. The largest absolute Gasteiger partial charge is 0.494 e. The summed E-state index contributed by atoms with van der Waals surface area (Å²) in [6.45, 7) is 9.59. The molecule has 0 spiro atoms. The molecule has 0 amide bonds. The van der Waals surface area contributed by atoms with Crippen molar-refractivity contribution in [1.29, 1.82) is 0 Å². The summed E-state index contributed by atoms with van der Waals surface area (Å²) in [6.07, 6.45) is 0. The molecule has 6 heteroatoms. The van der Waals surface area contributed by atoms with Crippen molar-refractivity contribution in [1.82, 2.24) is 0 Å². The van der Waals surface area contributed by atoms with Crippen LogP contribution in [0.4, 0.5) is 0 Å². The molecule has 0 saturated carbocycles. The molecular weight excluding hydrogens is 275 g/mol. The summed E-state index contributed by atoms with van der Waals surface area (Å²) in [4.78, 5) is 0.334. The van der Waals surface area contributed by atoms with Gasteiger partial charge in [-0.1, -0.05) is 19.1 Å². The number of benzene rings is 1. The molecule has 2 rings (SSSR count). The van der Waals surface area contributed by atoms with Crippen LogP contribution in [0.5, 0.6) is 0 Å². The first-order chi connectivity index (χ1) is 9.09. The summed E-state index contributed by atoms with van der Waals surface area (Å²) in [5, 5.41) is 0. The maximum absolute atomic E-state index is 11.8. The predicted molar refractivity (Wildman–Crippen MR) is 79.9 cm³/mol. The van der Waals surface area contributed by atoms with Crippen LogP contribution in [-0.4, -0.2) is 32.5 Å². The van der Waals surface area contributed by atoms with E-state index in [1.807, 2.05) is 27.7 Å². The fraction of sp³-hybridized carbons (Fsp3) is 0.571. The molecule has 0 bridgehead atoms. The van der Waals surface area contributed by atoms with Gasteiger partial charge in [0, 0.05) is 0 Å². The molecule has 0 N–H and O–H groups in total. The molecule has 4 nitrogen and oxygen atoms in total. The Morgan fingerprint density at radius 3 is 1.85 bits per heavy atom. The zero-order valence-electron chi connectivity index (χ0n) is 12.6. The third-order valence-corrected chi connectivity index (χ3v) is 5.90. The molecule has 1 aliphatic rings. The minimum atomic E-state index is -3.17. The minimum Gasteiger partial charge on any atom is -0.399 e. The van der Waals surface area contributed by atoms with Gasteiger partial charge in [0.2, 0.25) is 0 Å². The van der Waals surface area contributed by atoms with Crippen molar-refractivity contribution in [3.8, 4) is 0 Å². The van der Waals surface area contributed by atoms with Gasteiger partial charge in [-0.25, -0.2) is 8.42 Å². The van der Waals surface area contributed by atoms with Crippen molar-refractivity contribution in [2.24, 2.45) is 0 Å². The number of hydrogen-bond donors (Lipinski definition) is 0. The topological polar surface area (TPSA) is 52.6 Å². The van der Waals surface area contributed by atoms with Crippen molar-refractivity contribution in [3.63, 3.8) is 0 Å². The third-order valence-electron chi connectivity index (χ3n) is 4.14. The van der Waals surface area contributed by atoms with E-state index >= 15 is 0 Å². The van der Waals surface area contributed by atoms with Crippen molar-refractivity contribution in [3.05, 3.63) is 24.3 Å². The lowest BCUT2D eigenvalue weighted by Crippen LogP contribution is -2.41. The van der Waals surface area contributed by atoms with Gasteiger partial charge in [0.05, 0.1) is 21.9 Å². The van der Waals surface area contributed by atoms with E-state index in [9.17, 15) is 8.42 Å². The van der Waals surface area contributed by atoms with Crippen LogP contribution in [0.25, 0.3) is 0 Å². The Morgan fingerprint density at radius 1 is 1.00 bits per heavy atom. The zero-order valence-corrected chi connectivity index (χ0v) is 13.5. The van der Waals surface area contributed by atoms with Gasteiger partial charge in [0.25, 0.3) is 0 Å². The van der Waals surface area contributed by atoms with E-state index in [0.717, 1.165) is 5.46 Å². The Labute approximate surface area is 121 Å². The molecule has 0 atom stereocenters. The standard InChI is InChI=1S/C14H21BO4S/c1-6-20(16,17)12-9-7-11(8-10-12)15-18-13(2,3)14(4,5)19-15/h7-10H,6H2,1-5H3. The Balaban J connectivity index is 2.25. The summed E-state index contributed by atoms with van der Waals surface area (Å²) in [7, 11) is -3.63. The molecule has 0 aromatic heterocycles. The summed E-state index contributed by atoms with van der Waals surface area (Å²) in [5.74, 6) is 0.100. The smallest absolute Gasteiger partial charge is 0.399 e. The van der Waals surface area contributed by atoms with Crippen molar-refractivity contribution >= 4 is 22.4 Å². The Morgan fingerprint density at radius 2 is 1.45 bits per heavy atom. The van der Waals surface area contributed by atoms with Crippen LogP contribution in [-0.2, 0) is 19.1 Å². The van der Waals surface area contributed by atoms with E-state index in [-0.39, 0.29) is 5.75 Å². The van der Waals surface area contributed by atoms with Crippen LogP contribution in [0.1, 0.15) is 34.6 Å². The monoisotopic (exact) mass is 296 g/mol. The first kappa shape index (κ1) is 15.5. The highest BCUT2D eigenvalue weighted by atomic mass is 32.2. The van der Waals surface area contributed by atoms with Gasteiger partial charge in [0.1, 0.15) is 0 Å². The lowest BCUT2D eigenvalue weighted by atomic mass is 9.79. The van der Waals surface area contributed by atoms with E-state index < -0.39 is 28.2 Å². The van der Waals surface area contributed by atoms with Crippen LogP contribution in [0.3, 0.4) is 0 Å². The molecule has 1 fully saturated rings. The van der Waals surface area contributed by atoms with Crippen LogP contribution < -0.4 is 5.46 Å². The van der Waals surface area contributed by atoms with Crippen molar-refractivity contribution < 1.29 is 17.7 Å². The average Bonchev–Trinajstić information content (AvgIpc) is 2.59. The fourth-order valence-corrected chi connectivity index (χ4v) is 2.86. The Hall–Kier alpha value is -0.845. The molecule has 0 radical (unpaired) electrons. The van der Waals surface area contributed by atoms with E-state index in [4.69, 9.17) is 9.31 Å². The van der Waals surface area contributed by atoms with Crippen LogP contribution in [0.15, 0.2) is 29.2 Å². The van der Waals surface area contributed by atoms with Gasteiger partial charge >= 0.3 is 7.12 Å². The van der Waals surface area contributed by atoms with Gasteiger partial charge in [-0.05, 0) is 45.3 Å². The second-order valence-corrected chi connectivity index (χ2v) is 8.34. The van der Waals surface area contributed by atoms with Gasteiger partial charge in [-0.3, -0.25) is 0 Å². The highest BCUT2D eigenvalue weighted by molar-refractivity contribution is 7.91. The molecule has 1 aliphatic heterocycles. The van der Waals surface area contributed by atoms with Crippen molar-refractivity contribution in [2.75, 3.05) is 5.75 Å². The van der Waals surface area contributed by atoms with Gasteiger partial charge in [-0.2, -0.15) is 0 Å². The second-order valence-electron chi connectivity index (χ2n) is 6.06. The van der Waals surface area contributed by atoms with Crippen LogP contribution in [0.2, 0.25) is 0 Å². The van der Waals surface area contributed by atoms with Crippen molar-refractivity contribution in [2.45, 2.75) is 50.7 Å². The highest BCUT2D eigenvalue weighted by Crippen LogP contribution is 2.36.